The van der Waals surface area contributed by atoms with Gasteiger partial charge in [0.2, 0.25) is 0 Å². The zero-order chi connectivity index (χ0) is 14.0. The second-order valence-corrected chi connectivity index (χ2v) is 5.19. The van der Waals surface area contributed by atoms with E-state index >= 15 is 0 Å². The number of carbonyl (C=O) groups excluding carboxylic acids is 1. The van der Waals surface area contributed by atoms with Crippen LogP contribution in [0.3, 0.4) is 0 Å². The van der Waals surface area contributed by atoms with Crippen LogP contribution in [0.1, 0.15) is 15.9 Å². The molecule has 0 radical (unpaired) electrons. The largest absolute Gasteiger partial charge is 0.319 e. The van der Waals surface area contributed by atoms with Gasteiger partial charge in [0.25, 0.3) is 5.91 Å². The molecular formula is C13H9Cl3N2O. The molecule has 2 rings (SSSR count). The predicted octanol–water partition coefficient (Wildman–Crippen LogP) is 4.60. The molecule has 2 aromatic rings. The smallest absolute Gasteiger partial charge is 0.255 e. The average molecular weight is 316 g/mol. The fourth-order valence-electron chi connectivity index (χ4n) is 1.52. The number of amides is 1. The van der Waals surface area contributed by atoms with Gasteiger partial charge in [-0.1, -0.05) is 34.8 Å². The minimum Gasteiger partial charge on any atom is -0.319 e. The van der Waals surface area contributed by atoms with Crippen LogP contribution in [0.4, 0.5) is 5.69 Å². The zero-order valence-corrected chi connectivity index (χ0v) is 12.1. The highest BCUT2D eigenvalue weighted by atomic mass is 35.5. The Balaban J connectivity index is 2.28. The first-order valence-electron chi connectivity index (χ1n) is 5.35. The van der Waals surface area contributed by atoms with Crippen LogP contribution in [-0.2, 0) is 0 Å². The van der Waals surface area contributed by atoms with Crippen molar-refractivity contribution in [3.63, 3.8) is 0 Å². The van der Waals surface area contributed by atoms with E-state index in [1.54, 1.807) is 18.3 Å². The number of aryl methyl sites for hydroxylation is 1. The van der Waals surface area contributed by atoms with Crippen molar-refractivity contribution in [2.45, 2.75) is 6.92 Å². The molecular weight excluding hydrogens is 307 g/mol. The molecule has 1 amide bonds. The highest BCUT2D eigenvalue weighted by Gasteiger charge is 2.11. The third kappa shape index (κ3) is 3.60. The molecule has 0 bridgehead atoms. The van der Waals surface area contributed by atoms with Crippen molar-refractivity contribution >= 4 is 46.4 Å². The van der Waals surface area contributed by atoms with Crippen LogP contribution in [-0.4, -0.2) is 10.9 Å². The molecule has 0 atom stereocenters. The normalized spacial score (nSPS) is 10.3. The maximum absolute atomic E-state index is 12.1. The van der Waals surface area contributed by atoms with E-state index in [-0.39, 0.29) is 11.1 Å². The predicted molar refractivity (Wildman–Crippen MR) is 78.4 cm³/mol. The van der Waals surface area contributed by atoms with Gasteiger partial charge in [0.05, 0.1) is 5.69 Å². The van der Waals surface area contributed by atoms with E-state index in [4.69, 9.17) is 34.8 Å². The number of rotatable bonds is 2. The van der Waals surface area contributed by atoms with Gasteiger partial charge in [0.15, 0.2) is 5.15 Å². The first-order valence-corrected chi connectivity index (χ1v) is 6.48. The van der Waals surface area contributed by atoms with Crippen molar-refractivity contribution in [2.24, 2.45) is 0 Å². The topological polar surface area (TPSA) is 42.0 Å². The summed E-state index contributed by atoms with van der Waals surface area (Å²) in [6, 6.07) is 6.35. The summed E-state index contributed by atoms with van der Waals surface area (Å²) in [6.45, 7) is 1.86. The summed E-state index contributed by atoms with van der Waals surface area (Å²) in [5.74, 6) is -0.348. The molecule has 3 nitrogen and oxygen atoms in total. The van der Waals surface area contributed by atoms with Gasteiger partial charge in [-0.15, -0.1) is 0 Å². The molecule has 0 spiro atoms. The summed E-state index contributed by atoms with van der Waals surface area (Å²) in [6.07, 6.45) is 1.62. The molecule has 0 saturated carbocycles. The third-order valence-electron chi connectivity index (χ3n) is 2.35. The molecule has 1 aromatic carbocycles. The molecule has 0 fully saturated rings. The number of halogens is 3. The fourth-order valence-corrected chi connectivity index (χ4v) is 2.20. The van der Waals surface area contributed by atoms with E-state index in [0.717, 1.165) is 5.56 Å². The van der Waals surface area contributed by atoms with Crippen LogP contribution >= 0.6 is 34.8 Å². The van der Waals surface area contributed by atoms with E-state index in [0.29, 0.717) is 21.3 Å². The van der Waals surface area contributed by atoms with Gasteiger partial charge in [-0.05, 0) is 36.8 Å². The lowest BCUT2D eigenvalue weighted by atomic mass is 10.2. The number of benzene rings is 1. The molecule has 1 heterocycles. The maximum atomic E-state index is 12.1. The van der Waals surface area contributed by atoms with Crippen LogP contribution in [0, 0.1) is 6.92 Å². The molecule has 0 unspecified atom stereocenters. The second kappa shape index (κ2) is 5.78. The first kappa shape index (κ1) is 14.1. The number of hydrogen-bond donors (Lipinski definition) is 1. The minimum absolute atomic E-state index is 0.229. The number of hydrogen-bond acceptors (Lipinski definition) is 2. The Labute approximate surface area is 125 Å². The quantitative estimate of drug-likeness (QED) is 0.823. The van der Waals surface area contributed by atoms with Crippen LogP contribution in [0.2, 0.25) is 15.2 Å². The molecule has 1 N–H and O–H groups in total. The summed E-state index contributed by atoms with van der Waals surface area (Å²) < 4.78 is 0. The Hall–Kier alpha value is -1.29. The number of anilines is 1. The van der Waals surface area contributed by atoms with Gasteiger partial charge in [0, 0.05) is 21.8 Å². The van der Waals surface area contributed by atoms with Gasteiger partial charge in [0.1, 0.15) is 0 Å². The number of pyridine rings is 1. The van der Waals surface area contributed by atoms with Crippen LogP contribution < -0.4 is 5.32 Å². The van der Waals surface area contributed by atoms with E-state index in [1.807, 2.05) is 6.92 Å². The lowest BCUT2D eigenvalue weighted by Crippen LogP contribution is -2.12. The van der Waals surface area contributed by atoms with Crippen molar-refractivity contribution in [2.75, 3.05) is 5.32 Å². The summed E-state index contributed by atoms with van der Waals surface area (Å²) >= 11 is 17.6. The van der Waals surface area contributed by atoms with Crippen LogP contribution in [0.15, 0.2) is 30.5 Å². The Morgan fingerprint density at radius 2 is 1.74 bits per heavy atom. The first-order chi connectivity index (χ1) is 8.95. The second-order valence-electron chi connectivity index (χ2n) is 3.96. The molecule has 0 aliphatic rings. The van der Waals surface area contributed by atoms with E-state index < -0.39 is 0 Å². The number of aromatic nitrogens is 1. The van der Waals surface area contributed by atoms with Gasteiger partial charge in [-0.25, -0.2) is 4.98 Å². The molecule has 0 saturated heterocycles. The summed E-state index contributed by atoms with van der Waals surface area (Å²) in [7, 11) is 0. The SMILES string of the molecule is Cc1cnc(Cl)c(NC(=O)c2cc(Cl)cc(Cl)c2)c1. The number of nitrogens with one attached hydrogen (secondary N) is 1. The van der Waals surface area contributed by atoms with Crippen molar-refractivity contribution in [3.8, 4) is 0 Å². The van der Waals surface area contributed by atoms with Crippen molar-refractivity contribution < 1.29 is 4.79 Å². The molecule has 19 heavy (non-hydrogen) atoms. The number of nitrogens with zero attached hydrogens (tertiary/aromatic N) is 1. The van der Waals surface area contributed by atoms with Gasteiger partial charge in [-0.2, -0.15) is 0 Å². The maximum Gasteiger partial charge on any atom is 0.255 e. The molecule has 6 heteroatoms. The summed E-state index contributed by atoms with van der Waals surface area (Å²) in [5.41, 5.74) is 1.70. The highest BCUT2D eigenvalue weighted by molar-refractivity contribution is 6.35. The monoisotopic (exact) mass is 314 g/mol. The van der Waals surface area contributed by atoms with E-state index in [9.17, 15) is 4.79 Å². The Bertz CT molecular complexity index is 624. The lowest BCUT2D eigenvalue weighted by Gasteiger charge is -2.08. The Kier molecular flexibility index (Phi) is 4.30. The molecule has 0 aliphatic carbocycles. The summed E-state index contributed by atoms with van der Waals surface area (Å²) in [4.78, 5) is 16.0. The van der Waals surface area contributed by atoms with Crippen molar-refractivity contribution in [1.29, 1.82) is 0 Å². The average Bonchev–Trinajstić information content (AvgIpc) is 2.32. The van der Waals surface area contributed by atoms with Crippen LogP contribution in [0.25, 0.3) is 0 Å². The molecule has 0 aliphatic heterocycles. The van der Waals surface area contributed by atoms with E-state index in [1.165, 1.54) is 12.1 Å². The fraction of sp³-hybridized carbons (Fsp3) is 0.0769. The van der Waals surface area contributed by atoms with Gasteiger partial charge >= 0.3 is 0 Å². The Morgan fingerprint density at radius 1 is 1.11 bits per heavy atom. The van der Waals surface area contributed by atoms with Crippen molar-refractivity contribution in [3.05, 3.63) is 56.8 Å². The van der Waals surface area contributed by atoms with E-state index in [2.05, 4.69) is 10.3 Å². The lowest BCUT2D eigenvalue weighted by molar-refractivity contribution is 0.102. The number of carbonyl (C=O) groups is 1. The van der Waals surface area contributed by atoms with Gasteiger partial charge < -0.3 is 5.32 Å². The standard InChI is InChI=1S/C13H9Cl3N2O/c1-7-2-11(12(16)17-6-7)18-13(19)8-3-9(14)5-10(15)4-8/h2-6H,1H3,(H,18,19). The highest BCUT2D eigenvalue weighted by Crippen LogP contribution is 2.23. The van der Waals surface area contributed by atoms with Crippen LogP contribution in [0.5, 0.6) is 0 Å². The van der Waals surface area contributed by atoms with Gasteiger partial charge in [-0.3, -0.25) is 4.79 Å². The molecule has 98 valence electrons. The molecule has 1 aromatic heterocycles. The third-order valence-corrected chi connectivity index (χ3v) is 3.09. The minimum atomic E-state index is -0.348. The van der Waals surface area contributed by atoms with Crippen molar-refractivity contribution in [1.82, 2.24) is 4.98 Å². The summed E-state index contributed by atoms with van der Waals surface area (Å²) in [5, 5.41) is 3.69. The Morgan fingerprint density at radius 3 is 2.37 bits per heavy atom. The zero-order valence-electron chi connectivity index (χ0n) is 9.88.